The fraction of sp³-hybridized carbons (Fsp3) is 0.188. The molecule has 6 nitrogen and oxygen atoms in total. The molecular formula is C16H15NO5. The Hall–Kier alpha value is -2.89. The van der Waals surface area contributed by atoms with Crippen LogP contribution in [0.1, 0.15) is 17.9 Å². The maximum Gasteiger partial charge on any atom is 0.304 e. The van der Waals surface area contributed by atoms with Gasteiger partial charge in [0.15, 0.2) is 0 Å². The van der Waals surface area contributed by atoms with E-state index in [1.165, 1.54) is 18.2 Å². The maximum absolute atomic E-state index is 11.0. The molecule has 0 aliphatic rings. The molecule has 0 amide bonds. The van der Waals surface area contributed by atoms with Crippen LogP contribution in [0.5, 0.6) is 5.75 Å². The SMILES string of the molecule is O=C(O)CC(COc1cccc([N+](=O)[O-])c1)c1ccccc1. The number of benzene rings is 2. The van der Waals surface area contributed by atoms with Crippen LogP contribution in [0.3, 0.4) is 0 Å². The van der Waals surface area contributed by atoms with Gasteiger partial charge in [0.05, 0.1) is 24.0 Å². The van der Waals surface area contributed by atoms with E-state index in [1.807, 2.05) is 30.3 Å². The Balaban J connectivity index is 2.10. The van der Waals surface area contributed by atoms with Crippen LogP contribution in [0.15, 0.2) is 54.6 Å². The predicted molar refractivity (Wildman–Crippen MR) is 80.0 cm³/mol. The van der Waals surface area contributed by atoms with Crippen LogP contribution in [0.25, 0.3) is 0 Å². The molecule has 1 unspecified atom stereocenters. The summed E-state index contributed by atoms with van der Waals surface area (Å²) in [5.74, 6) is -0.894. The number of carboxylic acid groups (broad SMARTS) is 1. The van der Waals surface area contributed by atoms with Gasteiger partial charge in [0.2, 0.25) is 0 Å². The number of rotatable bonds is 7. The van der Waals surface area contributed by atoms with E-state index < -0.39 is 10.9 Å². The topological polar surface area (TPSA) is 89.7 Å². The average molecular weight is 301 g/mol. The molecular weight excluding hydrogens is 286 g/mol. The van der Waals surface area contributed by atoms with Crippen molar-refractivity contribution in [2.75, 3.05) is 6.61 Å². The lowest BCUT2D eigenvalue weighted by Crippen LogP contribution is -2.14. The third kappa shape index (κ3) is 4.31. The molecule has 0 saturated heterocycles. The highest BCUT2D eigenvalue weighted by atomic mass is 16.6. The molecule has 2 aromatic carbocycles. The second kappa shape index (κ2) is 7.21. The first kappa shape index (κ1) is 15.5. The van der Waals surface area contributed by atoms with Crippen LogP contribution in [0.4, 0.5) is 5.69 Å². The van der Waals surface area contributed by atoms with E-state index in [-0.39, 0.29) is 24.6 Å². The summed E-state index contributed by atoms with van der Waals surface area (Å²) < 4.78 is 5.55. The number of nitro groups is 1. The van der Waals surface area contributed by atoms with Gasteiger partial charge in [0.25, 0.3) is 5.69 Å². The van der Waals surface area contributed by atoms with Crippen molar-refractivity contribution in [3.63, 3.8) is 0 Å². The molecule has 2 aromatic rings. The van der Waals surface area contributed by atoms with Crippen molar-refractivity contribution in [1.82, 2.24) is 0 Å². The lowest BCUT2D eigenvalue weighted by Gasteiger charge is -2.16. The number of carbonyl (C=O) groups is 1. The molecule has 2 rings (SSSR count). The van der Waals surface area contributed by atoms with Crippen molar-refractivity contribution in [3.05, 3.63) is 70.3 Å². The maximum atomic E-state index is 11.0. The molecule has 1 atom stereocenters. The molecule has 0 bridgehead atoms. The molecule has 6 heteroatoms. The van der Waals surface area contributed by atoms with Crippen molar-refractivity contribution in [3.8, 4) is 5.75 Å². The van der Waals surface area contributed by atoms with E-state index in [9.17, 15) is 14.9 Å². The summed E-state index contributed by atoms with van der Waals surface area (Å²) in [5, 5.41) is 19.7. The normalized spacial score (nSPS) is 11.6. The van der Waals surface area contributed by atoms with Gasteiger partial charge in [-0.1, -0.05) is 36.4 Å². The first-order valence-corrected chi connectivity index (χ1v) is 6.70. The van der Waals surface area contributed by atoms with E-state index >= 15 is 0 Å². The highest BCUT2D eigenvalue weighted by molar-refractivity contribution is 5.68. The number of carboxylic acids is 1. The van der Waals surface area contributed by atoms with Crippen molar-refractivity contribution in [1.29, 1.82) is 0 Å². The van der Waals surface area contributed by atoms with Crippen molar-refractivity contribution < 1.29 is 19.6 Å². The van der Waals surface area contributed by atoms with Gasteiger partial charge < -0.3 is 9.84 Å². The van der Waals surface area contributed by atoms with E-state index in [0.717, 1.165) is 5.56 Å². The van der Waals surface area contributed by atoms with E-state index in [4.69, 9.17) is 9.84 Å². The second-order valence-electron chi connectivity index (χ2n) is 4.77. The Labute approximate surface area is 127 Å². The Morgan fingerprint density at radius 3 is 2.55 bits per heavy atom. The van der Waals surface area contributed by atoms with Gasteiger partial charge in [-0.3, -0.25) is 14.9 Å². The summed E-state index contributed by atoms with van der Waals surface area (Å²) in [6.45, 7) is 0.136. The minimum absolute atomic E-state index is 0.0630. The van der Waals surface area contributed by atoms with Crippen LogP contribution in [-0.2, 0) is 4.79 Å². The largest absolute Gasteiger partial charge is 0.493 e. The van der Waals surface area contributed by atoms with Crippen LogP contribution in [-0.4, -0.2) is 22.6 Å². The lowest BCUT2D eigenvalue weighted by atomic mass is 9.97. The number of ether oxygens (including phenoxy) is 1. The Kier molecular flexibility index (Phi) is 5.08. The molecule has 0 aromatic heterocycles. The zero-order chi connectivity index (χ0) is 15.9. The van der Waals surface area contributed by atoms with Gasteiger partial charge >= 0.3 is 5.97 Å². The zero-order valence-corrected chi connectivity index (χ0v) is 11.7. The average Bonchev–Trinajstić information content (AvgIpc) is 2.52. The van der Waals surface area contributed by atoms with Gasteiger partial charge in [0.1, 0.15) is 5.75 Å². The number of aliphatic carboxylic acids is 1. The molecule has 0 saturated carbocycles. The summed E-state index contributed by atoms with van der Waals surface area (Å²) in [4.78, 5) is 21.2. The van der Waals surface area contributed by atoms with Gasteiger partial charge in [-0.25, -0.2) is 0 Å². The molecule has 0 aliphatic carbocycles. The van der Waals surface area contributed by atoms with E-state index in [1.54, 1.807) is 6.07 Å². The Bertz CT molecular complexity index is 657. The third-order valence-electron chi connectivity index (χ3n) is 3.17. The molecule has 0 spiro atoms. The molecule has 0 aliphatic heterocycles. The fourth-order valence-electron chi connectivity index (χ4n) is 2.09. The Morgan fingerprint density at radius 1 is 1.18 bits per heavy atom. The monoisotopic (exact) mass is 301 g/mol. The quantitative estimate of drug-likeness (QED) is 0.626. The predicted octanol–water partition coefficient (Wildman–Crippen LogP) is 3.23. The smallest absolute Gasteiger partial charge is 0.304 e. The standard InChI is InChI=1S/C16H15NO5/c18-16(19)9-13(12-5-2-1-3-6-12)11-22-15-8-4-7-14(10-15)17(20)21/h1-8,10,13H,9,11H2,(H,18,19). The highest BCUT2D eigenvalue weighted by Gasteiger charge is 2.17. The molecule has 1 N–H and O–H groups in total. The number of hydrogen-bond donors (Lipinski definition) is 1. The van der Waals surface area contributed by atoms with Gasteiger partial charge in [0, 0.05) is 12.0 Å². The summed E-state index contributed by atoms with van der Waals surface area (Å²) in [6.07, 6.45) is -0.0705. The van der Waals surface area contributed by atoms with Crippen molar-refractivity contribution >= 4 is 11.7 Å². The minimum atomic E-state index is -0.920. The van der Waals surface area contributed by atoms with E-state index in [2.05, 4.69) is 0 Å². The first-order valence-electron chi connectivity index (χ1n) is 6.70. The number of hydrogen-bond acceptors (Lipinski definition) is 4. The molecule has 22 heavy (non-hydrogen) atoms. The fourth-order valence-corrected chi connectivity index (χ4v) is 2.09. The zero-order valence-electron chi connectivity index (χ0n) is 11.7. The van der Waals surface area contributed by atoms with Gasteiger partial charge in [-0.2, -0.15) is 0 Å². The highest BCUT2D eigenvalue weighted by Crippen LogP contribution is 2.24. The summed E-state index contributed by atoms with van der Waals surface area (Å²) in [5.41, 5.74) is 0.794. The van der Waals surface area contributed by atoms with Crippen LogP contribution < -0.4 is 4.74 Å². The van der Waals surface area contributed by atoms with Crippen LogP contribution >= 0.6 is 0 Å². The van der Waals surface area contributed by atoms with Crippen molar-refractivity contribution in [2.24, 2.45) is 0 Å². The van der Waals surface area contributed by atoms with Crippen molar-refractivity contribution in [2.45, 2.75) is 12.3 Å². The van der Waals surface area contributed by atoms with Gasteiger partial charge in [-0.15, -0.1) is 0 Å². The molecule has 114 valence electrons. The van der Waals surface area contributed by atoms with Gasteiger partial charge in [-0.05, 0) is 11.6 Å². The lowest BCUT2D eigenvalue weighted by molar-refractivity contribution is -0.384. The summed E-state index contributed by atoms with van der Waals surface area (Å²) in [6, 6.07) is 15.0. The molecule has 0 fully saturated rings. The number of non-ortho nitro benzene ring substituents is 1. The third-order valence-corrected chi connectivity index (χ3v) is 3.17. The molecule has 0 heterocycles. The first-order chi connectivity index (χ1) is 10.6. The number of nitrogens with zero attached hydrogens (tertiary/aromatic N) is 1. The van der Waals surface area contributed by atoms with Crippen LogP contribution in [0, 0.1) is 10.1 Å². The van der Waals surface area contributed by atoms with E-state index in [0.29, 0.717) is 5.75 Å². The Morgan fingerprint density at radius 2 is 1.91 bits per heavy atom. The van der Waals surface area contributed by atoms with Crippen LogP contribution in [0.2, 0.25) is 0 Å². The summed E-state index contributed by atoms with van der Waals surface area (Å²) >= 11 is 0. The second-order valence-corrected chi connectivity index (χ2v) is 4.77. The summed E-state index contributed by atoms with van der Waals surface area (Å²) in [7, 11) is 0. The number of nitro benzene ring substituents is 1. The minimum Gasteiger partial charge on any atom is -0.493 e. The molecule has 0 radical (unpaired) electrons.